The minimum atomic E-state index is -0.504. The molecule has 7 heteroatoms. The monoisotopic (exact) mass is 293 g/mol. The van der Waals surface area contributed by atoms with Crippen LogP contribution < -0.4 is 5.73 Å². The van der Waals surface area contributed by atoms with Gasteiger partial charge in [-0.15, -0.1) is 0 Å². The summed E-state index contributed by atoms with van der Waals surface area (Å²) in [6.45, 7) is 3.49. The van der Waals surface area contributed by atoms with Gasteiger partial charge < -0.3 is 10.5 Å². The van der Waals surface area contributed by atoms with E-state index in [0.717, 1.165) is 24.9 Å². The average Bonchev–Trinajstić information content (AvgIpc) is 2.87. The largest absolute Gasteiger partial charge is 0.465 e. The molecule has 0 amide bonds. The number of nitro groups is 1. The van der Waals surface area contributed by atoms with Crippen molar-refractivity contribution in [3.63, 3.8) is 0 Å². The maximum Gasteiger partial charge on any atom is 0.323 e. The van der Waals surface area contributed by atoms with Crippen LogP contribution in [-0.2, 0) is 16.1 Å². The first-order chi connectivity index (χ1) is 10.0. The van der Waals surface area contributed by atoms with E-state index in [1.807, 2.05) is 4.90 Å². The van der Waals surface area contributed by atoms with E-state index in [-0.39, 0.29) is 23.4 Å². The highest BCUT2D eigenvalue weighted by Crippen LogP contribution is 2.25. The third-order valence-electron chi connectivity index (χ3n) is 3.60. The maximum absolute atomic E-state index is 11.9. The van der Waals surface area contributed by atoms with E-state index in [1.54, 1.807) is 19.1 Å². The van der Waals surface area contributed by atoms with Crippen LogP contribution in [0.4, 0.5) is 11.4 Å². The first kappa shape index (κ1) is 15.2. The van der Waals surface area contributed by atoms with Crippen LogP contribution in [-0.4, -0.2) is 35.0 Å². The average molecular weight is 293 g/mol. The summed E-state index contributed by atoms with van der Waals surface area (Å²) in [5, 5.41) is 10.7. The summed E-state index contributed by atoms with van der Waals surface area (Å²) in [7, 11) is 0. The molecule has 2 rings (SSSR count). The van der Waals surface area contributed by atoms with Crippen molar-refractivity contribution in [2.24, 2.45) is 0 Å². The Balaban J connectivity index is 2.08. The predicted molar refractivity (Wildman–Crippen MR) is 77.6 cm³/mol. The summed E-state index contributed by atoms with van der Waals surface area (Å²) < 4.78 is 5.07. The van der Waals surface area contributed by atoms with E-state index in [9.17, 15) is 14.9 Å². The molecular weight excluding hydrogens is 274 g/mol. The number of ether oxygens (including phenoxy) is 1. The second-order valence-electron chi connectivity index (χ2n) is 5.03. The van der Waals surface area contributed by atoms with Crippen LogP contribution in [0.25, 0.3) is 0 Å². The molecule has 1 aromatic rings. The van der Waals surface area contributed by atoms with Gasteiger partial charge in [-0.3, -0.25) is 19.8 Å². The van der Waals surface area contributed by atoms with Crippen LogP contribution in [0.2, 0.25) is 0 Å². The summed E-state index contributed by atoms with van der Waals surface area (Å²) in [5.41, 5.74) is 6.59. The first-order valence-corrected chi connectivity index (χ1v) is 6.96. The standard InChI is InChI=1S/C14H19N3O4/c1-2-21-14(18)13-4-3-7-16(13)9-10-5-6-12(17(19)20)11(15)8-10/h5-6,8,13H,2-4,7,9,15H2,1H3. The number of anilines is 1. The number of carbonyl (C=O) groups excluding carboxylic acids is 1. The molecule has 2 N–H and O–H groups in total. The Kier molecular flexibility index (Phi) is 4.74. The number of rotatable bonds is 5. The minimum Gasteiger partial charge on any atom is -0.465 e. The lowest BCUT2D eigenvalue weighted by atomic mass is 10.1. The van der Waals surface area contributed by atoms with Crippen LogP contribution in [0.1, 0.15) is 25.3 Å². The van der Waals surface area contributed by atoms with Crippen LogP contribution in [0.5, 0.6) is 0 Å². The number of likely N-dealkylation sites (tertiary alicyclic amines) is 1. The van der Waals surface area contributed by atoms with E-state index in [1.165, 1.54) is 6.07 Å². The fraction of sp³-hybridized carbons (Fsp3) is 0.500. The third-order valence-corrected chi connectivity index (χ3v) is 3.60. The van der Waals surface area contributed by atoms with Gasteiger partial charge in [0.1, 0.15) is 11.7 Å². The zero-order valence-electron chi connectivity index (χ0n) is 11.9. The molecule has 1 aliphatic heterocycles. The molecule has 21 heavy (non-hydrogen) atoms. The zero-order valence-corrected chi connectivity index (χ0v) is 11.9. The van der Waals surface area contributed by atoms with E-state index < -0.39 is 4.92 Å². The van der Waals surface area contributed by atoms with Crippen molar-refractivity contribution in [1.82, 2.24) is 4.90 Å². The molecule has 0 radical (unpaired) electrons. The Morgan fingerprint density at radius 2 is 2.33 bits per heavy atom. The second kappa shape index (κ2) is 6.53. The van der Waals surface area contributed by atoms with Gasteiger partial charge in [-0.25, -0.2) is 0 Å². The Hall–Kier alpha value is -2.15. The summed E-state index contributed by atoms with van der Waals surface area (Å²) >= 11 is 0. The summed E-state index contributed by atoms with van der Waals surface area (Å²) in [4.78, 5) is 24.1. The Labute approximate surface area is 122 Å². The van der Waals surface area contributed by atoms with Crippen LogP contribution >= 0.6 is 0 Å². The highest BCUT2D eigenvalue weighted by molar-refractivity contribution is 5.76. The molecule has 1 unspecified atom stereocenters. The number of benzene rings is 1. The quantitative estimate of drug-likeness (QED) is 0.384. The van der Waals surface area contributed by atoms with Crippen LogP contribution in [0.15, 0.2) is 18.2 Å². The van der Waals surface area contributed by atoms with E-state index >= 15 is 0 Å². The lowest BCUT2D eigenvalue weighted by Crippen LogP contribution is -2.36. The summed E-state index contributed by atoms with van der Waals surface area (Å²) in [5.74, 6) is -0.204. The topological polar surface area (TPSA) is 98.7 Å². The molecule has 0 aliphatic carbocycles. The van der Waals surface area contributed by atoms with Crippen molar-refractivity contribution in [3.05, 3.63) is 33.9 Å². The Morgan fingerprint density at radius 3 is 2.95 bits per heavy atom. The fourth-order valence-electron chi connectivity index (χ4n) is 2.62. The number of hydrogen-bond donors (Lipinski definition) is 1. The normalized spacial score (nSPS) is 18.6. The lowest BCUT2D eigenvalue weighted by molar-refractivity contribution is -0.383. The van der Waals surface area contributed by atoms with Crippen LogP contribution in [0, 0.1) is 10.1 Å². The Bertz CT molecular complexity index is 547. The molecule has 1 heterocycles. The number of esters is 1. The molecule has 0 aromatic heterocycles. The zero-order chi connectivity index (χ0) is 15.4. The van der Waals surface area contributed by atoms with Crippen molar-refractivity contribution in [1.29, 1.82) is 0 Å². The van der Waals surface area contributed by atoms with Gasteiger partial charge in [0, 0.05) is 12.6 Å². The third kappa shape index (κ3) is 3.49. The number of carbonyl (C=O) groups is 1. The molecule has 0 saturated carbocycles. The smallest absolute Gasteiger partial charge is 0.323 e. The lowest BCUT2D eigenvalue weighted by Gasteiger charge is -2.22. The maximum atomic E-state index is 11.9. The molecule has 1 fully saturated rings. The van der Waals surface area contributed by atoms with Gasteiger partial charge >= 0.3 is 5.97 Å². The number of nitrogen functional groups attached to an aromatic ring is 1. The van der Waals surface area contributed by atoms with E-state index in [0.29, 0.717) is 13.2 Å². The van der Waals surface area contributed by atoms with Crippen molar-refractivity contribution < 1.29 is 14.5 Å². The molecule has 7 nitrogen and oxygen atoms in total. The van der Waals surface area contributed by atoms with Crippen LogP contribution in [0.3, 0.4) is 0 Å². The van der Waals surface area contributed by atoms with Gasteiger partial charge in [-0.1, -0.05) is 6.07 Å². The minimum absolute atomic E-state index is 0.0953. The number of nitro benzene ring substituents is 1. The Morgan fingerprint density at radius 1 is 1.57 bits per heavy atom. The molecule has 114 valence electrons. The van der Waals surface area contributed by atoms with Crippen molar-refractivity contribution in [2.75, 3.05) is 18.9 Å². The van der Waals surface area contributed by atoms with Crippen molar-refractivity contribution in [3.8, 4) is 0 Å². The highest BCUT2D eigenvalue weighted by atomic mass is 16.6. The molecular formula is C14H19N3O4. The van der Waals surface area contributed by atoms with Gasteiger partial charge in [-0.05, 0) is 37.9 Å². The predicted octanol–water partition coefficient (Wildman–Crippen LogP) is 1.70. The van der Waals surface area contributed by atoms with E-state index in [2.05, 4.69) is 0 Å². The van der Waals surface area contributed by atoms with Gasteiger partial charge in [-0.2, -0.15) is 0 Å². The number of hydrogen-bond acceptors (Lipinski definition) is 6. The summed E-state index contributed by atoms with van der Waals surface area (Å²) in [6, 6.07) is 4.44. The first-order valence-electron chi connectivity index (χ1n) is 6.96. The van der Waals surface area contributed by atoms with Gasteiger partial charge in [0.05, 0.1) is 11.5 Å². The van der Waals surface area contributed by atoms with Gasteiger partial charge in [0.15, 0.2) is 0 Å². The molecule has 1 saturated heterocycles. The molecule has 0 bridgehead atoms. The molecule has 1 aromatic carbocycles. The number of nitrogens with two attached hydrogens (primary N) is 1. The number of nitrogens with zero attached hydrogens (tertiary/aromatic N) is 2. The fourth-order valence-corrected chi connectivity index (χ4v) is 2.62. The van der Waals surface area contributed by atoms with E-state index in [4.69, 9.17) is 10.5 Å². The van der Waals surface area contributed by atoms with Gasteiger partial charge in [0.2, 0.25) is 0 Å². The van der Waals surface area contributed by atoms with Crippen molar-refractivity contribution in [2.45, 2.75) is 32.4 Å². The summed E-state index contributed by atoms with van der Waals surface area (Å²) in [6.07, 6.45) is 1.72. The molecule has 0 spiro atoms. The molecule has 1 atom stereocenters. The SMILES string of the molecule is CCOC(=O)C1CCCN1Cc1ccc([N+](=O)[O-])c(N)c1. The highest BCUT2D eigenvalue weighted by Gasteiger charge is 2.31. The second-order valence-corrected chi connectivity index (χ2v) is 5.03. The van der Waals surface area contributed by atoms with Gasteiger partial charge in [0.25, 0.3) is 5.69 Å². The molecule has 1 aliphatic rings. The van der Waals surface area contributed by atoms with Crippen molar-refractivity contribution >= 4 is 17.3 Å².